The molecule has 16 heavy (non-hydrogen) atoms. The van der Waals surface area contributed by atoms with Crippen molar-refractivity contribution in [1.82, 2.24) is 10.2 Å². The Kier molecular flexibility index (Phi) is 2.00. The molecule has 4 aliphatic carbocycles. The van der Waals surface area contributed by atoms with Crippen molar-refractivity contribution in [3.63, 3.8) is 0 Å². The first-order valence-electron chi connectivity index (χ1n) is 7.21. The van der Waals surface area contributed by atoms with E-state index in [4.69, 9.17) is 0 Å². The predicted molar refractivity (Wildman–Crippen MR) is 65.3 cm³/mol. The van der Waals surface area contributed by atoms with Gasteiger partial charge in [0.2, 0.25) is 0 Å². The SMILES string of the molecule is CN1CCNCC12C1CC3CC(C1)CC2C3. The molecule has 90 valence electrons. The maximum absolute atomic E-state index is 3.69. The van der Waals surface area contributed by atoms with E-state index in [-0.39, 0.29) is 0 Å². The van der Waals surface area contributed by atoms with Crippen LogP contribution >= 0.6 is 0 Å². The summed E-state index contributed by atoms with van der Waals surface area (Å²) in [5.41, 5.74) is 0.561. The maximum atomic E-state index is 3.69. The summed E-state index contributed by atoms with van der Waals surface area (Å²) in [6.45, 7) is 3.74. The Morgan fingerprint density at radius 3 is 2.19 bits per heavy atom. The van der Waals surface area contributed by atoms with Gasteiger partial charge in [-0.15, -0.1) is 0 Å². The van der Waals surface area contributed by atoms with Crippen LogP contribution in [-0.2, 0) is 0 Å². The third kappa shape index (κ3) is 1.10. The van der Waals surface area contributed by atoms with E-state index in [1.807, 2.05) is 0 Å². The molecule has 0 atom stereocenters. The average molecular weight is 220 g/mol. The maximum Gasteiger partial charge on any atom is 0.0388 e. The van der Waals surface area contributed by atoms with E-state index < -0.39 is 0 Å². The first-order chi connectivity index (χ1) is 7.79. The summed E-state index contributed by atoms with van der Waals surface area (Å²) in [7, 11) is 2.39. The van der Waals surface area contributed by atoms with Crippen LogP contribution in [0.4, 0.5) is 0 Å². The van der Waals surface area contributed by atoms with E-state index in [2.05, 4.69) is 17.3 Å². The van der Waals surface area contributed by atoms with Crippen molar-refractivity contribution in [3.05, 3.63) is 0 Å². The van der Waals surface area contributed by atoms with Gasteiger partial charge in [-0.05, 0) is 62.8 Å². The molecular weight excluding hydrogens is 196 g/mol. The minimum Gasteiger partial charge on any atom is -0.314 e. The molecule has 5 aliphatic rings. The van der Waals surface area contributed by atoms with Gasteiger partial charge in [0.05, 0.1) is 0 Å². The molecule has 4 saturated carbocycles. The summed E-state index contributed by atoms with van der Waals surface area (Å²) in [4.78, 5) is 2.73. The monoisotopic (exact) mass is 220 g/mol. The highest BCUT2D eigenvalue weighted by molar-refractivity contribution is 5.13. The Bertz CT molecular complexity index is 271. The van der Waals surface area contributed by atoms with Gasteiger partial charge < -0.3 is 5.32 Å². The third-order valence-electron chi connectivity index (χ3n) is 6.29. The molecule has 0 amide bonds. The Labute approximate surface area is 98.8 Å². The van der Waals surface area contributed by atoms with Crippen LogP contribution in [0.15, 0.2) is 0 Å². The Morgan fingerprint density at radius 2 is 1.62 bits per heavy atom. The summed E-state index contributed by atoms with van der Waals surface area (Å²) < 4.78 is 0. The van der Waals surface area contributed by atoms with Gasteiger partial charge in [0.15, 0.2) is 0 Å². The van der Waals surface area contributed by atoms with Crippen molar-refractivity contribution >= 4 is 0 Å². The van der Waals surface area contributed by atoms with Gasteiger partial charge in [0.25, 0.3) is 0 Å². The Balaban J connectivity index is 1.72. The van der Waals surface area contributed by atoms with Gasteiger partial charge in [0.1, 0.15) is 0 Å². The van der Waals surface area contributed by atoms with Crippen LogP contribution in [0.2, 0.25) is 0 Å². The fourth-order valence-corrected chi connectivity index (χ4v) is 5.79. The molecule has 0 radical (unpaired) electrons. The molecule has 1 saturated heterocycles. The molecular formula is C14H24N2. The average Bonchev–Trinajstić information content (AvgIpc) is 2.27. The summed E-state index contributed by atoms with van der Waals surface area (Å²) in [6, 6.07) is 0. The van der Waals surface area contributed by atoms with E-state index in [0.717, 1.165) is 23.7 Å². The van der Waals surface area contributed by atoms with Gasteiger partial charge in [-0.25, -0.2) is 0 Å². The molecule has 4 bridgehead atoms. The molecule has 5 rings (SSSR count). The van der Waals surface area contributed by atoms with E-state index >= 15 is 0 Å². The lowest BCUT2D eigenvalue weighted by molar-refractivity contribution is -0.135. The van der Waals surface area contributed by atoms with Crippen LogP contribution in [0.3, 0.4) is 0 Å². The summed E-state index contributed by atoms with van der Waals surface area (Å²) in [5, 5.41) is 3.69. The lowest BCUT2D eigenvalue weighted by Crippen LogP contribution is -2.71. The van der Waals surface area contributed by atoms with Crippen molar-refractivity contribution in [1.29, 1.82) is 0 Å². The second-order valence-corrected chi connectivity index (χ2v) is 6.89. The molecule has 1 heterocycles. The lowest BCUT2D eigenvalue weighted by Gasteiger charge is -2.65. The van der Waals surface area contributed by atoms with Gasteiger partial charge in [-0.1, -0.05) is 0 Å². The number of nitrogens with zero attached hydrogens (tertiary/aromatic N) is 1. The van der Waals surface area contributed by atoms with Crippen LogP contribution in [0.1, 0.15) is 32.1 Å². The molecule has 2 heteroatoms. The fourth-order valence-electron chi connectivity index (χ4n) is 5.79. The predicted octanol–water partition coefficient (Wildman–Crippen LogP) is 1.72. The van der Waals surface area contributed by atoms with E-state index in [1.54, 1.807) is 32.1 Å². The number of hydrogen-bond acceptors (Lipinski definition) is 2. The van der Waals surface area contributed by atoms with Crippen LogP contribution in [-0.4, -0.2) is 37.1 Å². The van der Waals surface area contributed by atoms with Crippen molar-refractivity contribution in [3.8, 4) is 0 Å². The van der Waals surface area contributed by atoms with E-state index in [1.165, 1.54) is 19.6 Å². The van der Waals surface area contributed by atoms with Gasteiger partial charge >= 0.3 is 0 Å². The van der Waals surface area contributed by atoms with Gasteiger partial charge in [-0.3, -0.25) is 4.90 Å². The molecule has 0 aromatic rings. The molecule has 5 fully saturated rings. The smallest absolute Gasteiger partial charge is 0.0388 e. The number of rotatable bonds is 0. The van der Waals surface area contributed by atoms with E-state index in [0.29, 0.717) is 5.54 Å². The van der Waals surface area contributed by atoms with Crippen molar-refractivity contribution in [2.24, 2.45) is 23.7 Å². The van der Waals surface area contributed by atoms with Crippen LogP contribution in [0.25, 0.3) is 0 Å². The minimum atomic E-state index is 0.561. The molecule has 2 nitrogen and oxygen atoms in total. The molecule has 1 N–H and O–H groups in total. The number of nitrogens with one attached hydrogen (secondary N) is 1. The highest BCUT2D eigenvalue weighted by atomic mass is 15.3. The second-order valence-electron chi connectivity index (χ2n) is 6.89. The zero-order valence-corrected chi connectivity index (χ0v) is 10.4. The zero-order valence-electron chi connectivity index (χ0n) is 10.4. The molecule has 0 aromatic carbocycles. The number of likely N-dealkylation sites (N-methyl/N-ethyl adjacent to an activating group) is 1. The summed E-state index contributed by atoms with van der Waals surface area (Å²) >= 11 is 0. The van der Waals surface area contributed by atoms with Crippen molar-refractivity contribution < 1.29 is 0 Å². The van der Waals surface area contributed by atoms with E-state index in [9.17, 15) is 0 Å². The Morgan fingerprint density at radius 1 is 1.00 bits per heavy atom. The topological polar surface area (TPSA) is 15.3 Å². The molecule has 1 spiro atoms. The van der Waals surface area contributed by atoms with Crippen LogP contribution in [0.5, 0.6) is 0 Å². The Hall–Kier alpha value is -0.0800. The summed E-state index contributed by atoms with van der Waals surface area (Å²) in [5.74, 6) is 4.23. The lowest BCUT2D eigenvalue weighted by atomic mass is 9.48. The van der Waals surface area contributed by atoms with Crippen molar-refractivity contribution in [2.45, 2.75) is 37.6 Å². The molecule has 0 unspecified atom stereocenters. The first-order valence-corrected chi connectivity index (χ1v) is 7.21. The van der Waals surface area contributed by atoms with Crippen LogP contribution < -0.4 is 5.32 Å². The highest BCUT2D eigenvalue weighted by Crippen LogP contribution is 2.60. The highest BCUT2D eigenvalue weighted by Gasteiger charge is 2.59. The standard InChI is InChI=1S/C14H24N2/c1-16-3-2-15-9-14(16)12-5-10-4-11(7-12)8-13(14)6-10/h10-13,15H,2-9H2,1H3. The first kappa shape index (κ1) is 9.90. The number of hydrogen-bond donors (Lipinski definition) is 1. The third-order valence-corrected chi connectivity index (χ3v) is 6.29. The fraction of sp³-hybridized carbons (Fsp3) is 1.00. The number of piperazine rings is 1. The van der Waals surface area contributed by atoms with Crippen molar-refractivity contribution in [2.75, 3.05) is 26.7 Å². The summed E-state index contributed by atoms with van der Waals surface area (Å²) in [6.07, 6.45) is 7.73. The molecule has 1 aliphatic heterocycles. The zero-order chi connectivity index (χ0) is 10.8. The normalized spacial score (nSPS) is 56.1. The van der Waals surface area contributed by atoms with Crippen LogP contribution in [0, 0.1) is 23.7 Å². The van der Waals surface area contributed by atoms with Gasteiger partial charge in [0, 0.05) is 25.2 Å². The van der Waals surface area contributed by atoms with Gasteiger partial charge in [-0.2, -0.15) is 0 Å². The quantitative estimate of drug-likeness (QED) is 0.668. The minimum absolute atomic E-state index is 0.561. The second kappa shape index (κ2) is 3.23. The molecule has 0 aromatic heterocycles. The largest absolute Gasteiger partial charge is 0.314 e.